The predicted octanol–water partition coefficient (Wildman–Crippen LogP) is 4.66. The molecule has 1 N–H and O–H groups in total. The summed E-state index contributed by atoms with van der Waals surface area (Å²) in [6, 6.07) is 11.8. The molecule has 0 aliphatic heterocycles. The molecule has 6 heteroatoms. The van der Waals surface area contributed by atoms with Gasteiger partial charge in [-0.1, -0.05) is 47.5 Å². The van der Waals surface area contributed by atoms with Gasteiger partial charge < -0.3 is 9.73 Å². The van der Waals surface area contributed by atoms with Gasteiger partial charge in [-0.25, -0.2) is 4.79 Å². The molecule has 0 fully saturated rings. The standard InChI is InChI=1S/C17H11Cl2NO3/c1-9-4-2-5-10-8-11(17(22)23-15(9)10)16(21)20-13-7-3-6-12(18)14(13)19/h2-8H,1H3,(H,20,21). The van der Waals surface area contributed by atoms with Gasteiger partial charge in [-0.05, 0) is 30.7 Å². The summed E-state index contributed by atoms with van der Waals surface area (Å²) in [5, 5.41) is 3.77. The predicted molar refractivity (Wildman–Crippen MR) is 91.6 cm³/mol. The van der Waals surface area contributed by atoms with Crippen molar-refractivity contribution < 1.29 is 9.21 Å². The van der Waals surface area contributed by atoms with Crippen molar-refractivity contribution in [2.75, 3.05) is 5.32 Å². The van der Waals surface area contributed by atoms with Gasteiger partial charge in [0.25, 0.3) is 5.91 Å². The largest absolute Gasteiger partial charge is 0.422 e. The van der Waals surface area contributed by atoms with Crippen molar-refractivity contribution >= 4 is 45.8 Å². The number of anilines is 1. The lowest BCUT2D eigenvalue weighted by atomic mass is 10.1. The molecule has 0 aliphatic rings. The van der Waals surface area contributed by atoms with Gasteiger partial charge in [-0.2, -0.15) is 0 Å². The van der Waals surface area contributed by atoms with Crippen LogP contribution in [0.2, 0.25) is 10.0 Å². The lowest BCUT2D eigenvalue weighted by Crippen LogP contribution is -2.21. The third kappa shape index (κ3) is 2.96. The highest BCUT2D eigenvalue weighted by Gasteiger charge is 2.16. The molecule has 0 saturated carbocycles. The summed E-state index contributed by atoms with van der Waals surface area (Å²) >= 11 is 11.9. The van der Waals surface area contributed by atoms with E-state index in [9.17, 15) is 9.59 Å². The number of aryl methyl sites for hydroxylation is 1. The van der Waals surface area contributed by atoms with Crippen LogP contribution < -0.4 is 10.9 Å². The van der Waals surface area contributed by atoms with Crippen LogP contribution in [0.3, 0.4) is 0 Å². The molecule has 0 atom stereocenters. The SMILES string of the molecule is Cc1cccc2cc(C(=O)Nc3cccc(Cl)c3Cl)c(=O)oc12. The number of benzene rings is 2. The lowest BCUT2D eigenvalue weighted by Gasteiger charge is -2.08. The molecule has 116 valence electrons. The molecule has 23 heavy (non-hydrogen) atoms. The molecule has 0 spiro atoms. The summed E-state index contributed by atoms with van der Waals surface area (Å²) in [4.78, 5) is 24.4. The minimum atomic E-state index is -0.706. The number of fused-ring (bicyclic) bond motifs is 1. The molecule has 3 aromatic rings. The number of rotatable bonds is 2. The van der Waals surface area contributed by atoms with Crippen molar-refractivity contribution in [1.29, 1.82) is 0 Å². The number of nitrogens with one attached hydrogen (secondary N) is 1. The van der Waals surface area contributed by atoms with Gasteiger partial charge in [-0.15, -0.1) is 0 Å². The van der Waals surface area contributed by atoms with Crippen LogP contribution in [-0.4, -0.2) is 5.91 Å². The van der Waals surface area contributed by atoms with Crippen molar-refractivity contribution in [2.24, 2.45) is 0 Å². The Balaban J connectivity index is 2.03. The third-order valence-electron chi connectivity index (χ3n) is 3.40. The van der Waals surface area contributed by atoms with Gasteiger partial charge in [0.2, 0.25) is 0 Å². The summed E-state index contributed by atoms with van der Waals surface area (Å²) in [5.41, 5.74) is 0.814. The van der Waals surface area contributed by atoms with E-state index in [-0.39, 0.29) is 10.6 Å². The van der Waals surface area contributed by atoms with Crippen LogP contribution in [0, 0.1) is 6.92 Å². The fourth-order valence-corrected chi connectivity index (χ4v) is 2.59. The Hall–Kier alpha value is -2.30. The zero-order valence-corrected chi connectivity index (χ0v) is 13.5. The molecule has 1 amide bonds. The minimum absolute atomic E-state index is 0.0980. The average Bonchev–Trinajstić information content (AvgIpc) is 2.52. The van der Waals surface area contributed by atoms with E-state index in [0.29, 0.717) is 21.7 Å². The Kier molecular flexibility index (Phi) is 4.11. The monoisotopic (exact) mass is 347 g/mol. The Morgan fingerprint density at radius 2 is 1.87 bits per heavy atom. The van der Waals surface area contributed by atoms with Crippen LogP contribution in [0.25, 0.3) is 11.0 Å². The molecule has 0 aliphatic carbocycles. The maximum absolute atomic E-state index is 12.4. The van der Waals surface area contributed by atoms with Crippen LogP contribution in [0.4, 0.5) is 5.69 Å². The van der Waals surface area contributed by atoms with E-state index in [2.05, 4.69) is 5.32 Å². The number of para-hydroxylation sites is 1. The first-order valence-electron chi connectivity index (χ1n) is 6.76. The zero-order valence-electron chi connectivity index (χ0n) is 12.0. The summed E-state index contributed by atoms with van der Waals surface area (Å²) in [6.45, 7) is 1.83. The van der Waals surface area contributed by atoms with E-state index < -0.39 is 11.5 Å². The molecule has 0 radical (unpaired) electrons. The van der Waals surface area contributed by atoms with Gasteiger partial charge in [0.1, 0.15) is 11.1 Å². The number of hydrogen-bond acceptors (Lipinski definition) is 3. The second-order valence-electron chi connectivity index (χ2n) is 5.00. The van der Waals surface area contributed by atoms with Crippen LogP contribution in [0.5, 0.6) is 0 Å². The summed E-state index contributed by atoms with van der Waals surface area (Å²) < 4.78 is 5.26. The van der Waals surface area contributed by atoms with Crippen LogP contribution >= 0.6 is 23.2 Å². The van der Waals surface area contributed by atoms with Crippen molar-refractivity contribution in [3.05, 3.63) is 74.1 Å². The molecule has 4 nitrogen and oxygen atoms in total. The highest BCUT2D eigenvalue weighted by Crippen LogP contribution is 2.29. The quantitative estimate of drug-likeness (QED) is 0.685. The molecule has 3 rings (SSSR count). The highest BCUT2D eigenvalue weighted by molar-refractivity contribution is 6.44. The van der Waals surface area contributed by atoms with E-state index in [4.69, 9.17) is 27.6 Å². The third-order valence-corrected chi connectivity index (χ3v) is 4.22. The van der Waals surface area contributed by atoms with Crippen molar-refractivity contribution in [1.82, 2.24) is 0 Å². The highest BCUT2D eigenvalue weighted by atomic mass is 35.5. The van der Waals surface area contributed by atoms with E-state index in [1.54, 1.807) is 24.3 Å². The number of carbonyl (C=O) groups excluding carboxylic acids is 1. The second kappa shape index (κ2) is 6.07. The molecule has 2 aromatic carbocycles. The second-order valence-corrected chi connectivity index (χ2v) is 5.78. The summed E-state index contributed by atoms with van der Waals surface area (Å²) in [6.07, 6.45) is 0. The Morgan fingerprint density at radius 3 is 2.65 bits per heavy atom. The smallest absolute Gasteiger partial charge is 0.349 e. The Labute approximate surface area is 141 Å². The average molecular weight is 348 g/mol. The Bertz CT molecular complexity index is 979. The summed E-state index contributed by atoms with van der Waals surface area (Å²) in [5.74, 6) is -0.605. The van der Waals surface area contributed by atoms with Crippen molar-refractivity contribution in [3.8, 4) is 0 Å². The zero-order chi connectivity index (χ0) is 16.6. The first-order chi connectivity index (χ1) is 11.0. The molecule has 1 aromatic heterocycles. The van der Waals surface area contributed by atoms with Crippen LogP contribution in [0.1, 0.15) is 15.9 Å². The summed E-state index contributed by atoms with van der Waals surface area (Å²) in [7, 11) is 0. The van der Waals surface area contributed by atoms with Crippen LogP contribution in [0.15, 0.2) is 51.7 Å². The van der Waals surface area contributed by atoms with Gasteiger partial charge in [0.05, 0.1) is 15.7 Å². The van der Waals surface area contributed by atoms with Crippen molar-refractivity contribution in [3.63, 3.8) is 0 Å². The molecular weight excluding hydrogens is 337 g/mol. The molecule has 0 unspecified atom stereocenters. The normalized spacial score (nSPS) is 10.7. The topological polar surface area (TPSA) is 59.3 Å². The van der Waals surface area contributed by atoms with Gasteiger partial charge in [-0.3, -0.25) is 4.79 Å². The first-order valence-corrected chi connectivity index (χ1v) is 7.52. The molecule has 0 saturated heterocycles. The van der Waals surface area contributed by atoms with E-state index in [0.717, 1.165) is 5.56 Å². The molecular formula is C17H11Cl2NO3. The number of halogens is 2. The van der Waals surface area contributed by atoms with E-state index >= 15 is 0 Å². The fraction of sp³-hybridized carbons (Fsp3) is 0.0588. The van der Waals surface area contributed by atoms with Gasteiger partial charge in [0, 0.05) is 5.39 Å². The molecule has 0 bridgehead atoms. The fourth-order valence-electron chi connectivity index (χ4n) is 2.24. The Morgan fingerprint density at radius 1 is 1.13 bits per heavy atom. The number of amides is 1. The maximum Gasteiger partial charge on any atom is 0.349 e. The van der Waals surface area contributed by atoms with Crippen LogP contribution in [-0.2, 0) is 0 Å². The van der Waals surface area contributed by atoms with E-state index in [1.807, 2.05) is 19.1 Å². The van der Waals surface area contributed by atoms with Crippen molar-refractivity contribution in [2.45, 2.75) is 6.92 Å². The number of carbonyl (C=O) groups is 1. The van der Waals surface area contributed by atoms with Gasteiger partial charge in [0.15, 0.2) is 0 Å². The van der Waals surface area contributed by atoms with E-state index in [1.165, 1.54) is 6.07 Å². The lowest BCUT2D eigenvalue weighted by molar-refractivity contribution is 0.102. The number of hydrogen-bond donors (Lipinski definition) is 1. The minimum Gasteiger partial charge on any atom is -0.422 e. The molecule has 1 heterocycles. The maximum atomic E-state index is 12.4. The first kappa shape index (κ1) is 15.6. The van der Waals surface area contributed by atoms with Gasteiger partial charge >= 0.3 is 5.63 Å².